The highest BCUT2D eigenvalue weighted by Gasteiger charge is 2.45. The smallest absolute Gasteiger partial charge is 0.243 e. The predicted octanol–water partition coefficient (Wildman–Crippen LogP) is 1.05. The van der Waals surface area contributed by atoms with Gasteiger partial charge in [0, 0.05) is 13.1 Å². The molecule has 1 aliphatic rings. The van der Waals surface area contributed by atoms with Crippen molar-refractivity contribution in [2.45, 2.75) is 49.6 Å². The summed E-state index contributed by atoms with van der Waals surface area (Å²) in [7, 11) is -11.8. The molecule has 0 aliphatic carbocycles. The molecule has 0 bridgehead atoms. The average Bonchev–Trinajstić information content (AvgIpc) is 2.96. The Hall–Kier alpha value is -1.83. The number of nitrogens with one attached hydrogen (secondary N) is 1. The highest BCUT2D eigenvalue weighted by Crippen LogP contribution is 2.27. The van der Waals surface area contributed by atoms with Crippen LogP contribution in [0.2, 0.25) is 0 Å². The van der Waals surface area contributed by atoms with Crippen LogP contribution in [0.15, 0.2) is 46.2 Å². The lowest BCUT2D eigenvalue weighted by molar-refractivity contribution is 0.128. The molecule has 12 heteroatoms. The van der Waals surface area contributed by atoms with Crippen LogP contribution in [0.4, 0.5) is 0 Å². The van der Waals surface area contributed by atoms with Crippen molar-refractivity contribution in [2.24, 2.45) is 0 Å². The van der Waals surface area contributed by atoms with Gasteiger partial charge in [0.25, 0.3) is 0 Å². The molecule has 0 radical (unpaired) electrons. The Kier molecular flexibility index (Phi) is 7.61. The molecule has 9 nitrogen and oxygen atoms in total. The average molecular weight is 531 g/mol. The lowest BCUT2D eigenvalue weighted by Gasteiger charge is -2.30. The maximum atomic E-state index is 13.6. The van der Waals surface area contributed by atoms with E-state index in [9.17, 15) is 30.4 Å². The molecule has 0 amide bonds. The van der Waals surface area contributed by atoms with Gasteiger partial charge in [0.2, 0.25) is 20.0 Å². The van der Waals surface area contributed by atoms with Crippen molar-refractivity contribution in [3.63, 3.8) is 0 Å². The number of sulfonamides is 2. The highest BCUT2D eigenvalue weighted by atomic mass is 32.2. The van der Waals surface area contributed by atoms with E-state index in [-0.39, 0.29) is 22.9 Å². The topological polar surface area (TPSA) is 138 Å². The molecule has 0 unspecified atom stereocenters. The van der Waals surface area contributed by atoms with Crippen molar-refractivity contribution in [2.75, 3.05) is 24.6 Å². The summed E-state index contributed by atoms with van der Waals surface area (Å²) >= 11 is 0. The third-order valence-electron chi connectivity index (χ3n) is 5.82. The first kappa shape index (κ1) is 26.8. The quantitative estimate of drug-likeness (QED) is 0.520. The fourth-order valence-electron chi connectivity index (χ4n) is 4.23. The van der Waals surface area contributed by atoms with E-state index >= 15 is 0 Å². The highest BCUT2D eigenvalue weighted by molar-refractivity contribution is 7.92. The van der Waals surface area contributed by atoms with E-state index < -0.39 is 53.5 Å². The van der Waals surface area contributed by atoms with Gasteiger partial charge in [0.1, 0.15) is 0 Å². The largest absolute Gasteiger partial charge is 0.390 e. The van der Waals surface area contributed by atoms with Crippen LogP contribution in [-0.2, 0) is 29.9 Å². The van der Waals surface area contributed by atoms with Crippen molar-refractivity contribution in [1.82, 2.24) is 9.03 Å². The van der Waals surface area contributed by atoms with Gasteiger partial charge in [-0.25, -0.2) is 30.0 Å². The lowest BCUT2D eigenvalue weighted by atomic mass is 10.2. The molecule has 0 spiro atoms. The van der Waals surface area contributed by atoms with Crippen molar-refractivity contribution < 1.29 is 30.4 Å². The molecule has 1 fully saturated rings. The minimum Gasteiger partial charge on any atom is -0.390 e. The molecule has 0 aromatic heterocycles. The van der Waals surface area contributed by atoms with Crippen LogP contribution >= 0.6 is 0 Å². The number of aliphatic hydroxyl groups excluding tert-OH is 1. The molecule has 2 N–H and O–H groups in total. The molecular formula is C22H30N2O7S3. The Morgan fingerprint density at radius 2 is 1.44 bits per heavy atom. The molecule has 2 aromatic rings. The van der Waals surface area contributed by atoms with E-state index in [4.69, 9.17) is 0 Å². The molecule has 2 atom stereocenters. The fraction of sp³-hybridized carbons (Fsp3) is 0.455. The van der Waals surface area contributed by atoms with Crippen LogP contribution in [0.5, 0.6) is 0 Å². The zero-order valence-electron chi connectivity index (χ0n) is 19.5. The molecule has 1 heterocycles. The standard InChI is InChI=1S/C22H30N2O7S3/c1-15-5-7-21(17(3)11-15)33(28,29)23-9-10-24(19-13-32(26,27)14-20(19)25)34(30,31)22-8-6-16(2)12-18(22)4/h5-8,11-12,19-20,23,25H,9-10,13-14H2,1-4H3/t19-,20+/m0/s1. The van der Waals surface area contributed by atoms with Crippen LogP contribution in [0.3, 0.4) is 0 Å². The second-order valence-electron chi connectivity index (χ2n) is 8.76. The Labute approximate surface area is 201 Å². The maximum absolute atomic E-state index is 13.6. The van der Waals surface area contributed by atoms with Gasteiger partial charge in [-0.2, -0.15) is 4.31 Å². The second-order valence-corrected chi connectivity index (χ2v) is 14.5. The summed E-state index contributed by atoms with van der Waals surface area (Å²) in [6.07, 6.45) is -1.42. The van der Waals surface area contributed by atoms with E-state index in [0.29, 0.717) is 11.1 Å². The summed E-state index contributed by atoms with van der Waals surface area (Å²) in [5.41, 5.74) is 2.77. The Balaban J connectivity index is 1.92. The van der Waals surface area contributed by atoms with E-state index in [1.165, 1.54) is 12.1 Å². The van der Waals surface area contributed by atoms with Gasteiger partial charge in [-0.1, -0.05) is 35.4 Å². The number of aliphatic hydroxyl groups is 1. The first-order valence-corrected chi connectivity index (χ1v) is 15.4. The summed E-state index contributed by atoms with van der Waals surface area (Å²) in [6, 6.07) is 8.40. The number of aryl methyl sites for hydroxylation is 4. The first-order valence-electron chi connectivity index (χ1n) is 10.7. The number of benzene rings is 2. The third kappa shape index (κ3) is 5.69. The van der Waals surface area contributed by atoms with Crippen LogP contribution in [0.25, 0.3) is 0 Å². The van der Waals surface area contributed by atoms with Crippen molar-refractivity contribution in [3.8, 4) is 0 Å². The summed E-state index contributed by atoms with van der Waals surface area (Å²) in [5.74, 6) is -1.09. The van der Waals surface area contributed by atoms with Crippen LogP contribution < -0.4 is 4.72 Å². The summed E-state index contributed by atoms with van der Waals surface area (Å²) in [5, 5.41) is 10.4. The van der Waals surface area contributed by atoms with Crippen molar-refractivity contribution in [1.29, 1.82) is 0 Å². The Bertz CT molecular complexity index is 1400. The number of rotatable bonds is 8. The van der Waals surface area contributed by atoms with Crippen molar-refractivity contribution >= 4 is 29.9 Å². The van der Waals surface area contributed by atoms with Crippen LogP contribution in [0.1, 0.15) is 22.3 Å². The van der Waals surface area contributed by atoms with Crippen LogP contribution in [0, 0.1) is 27.7 Å². The first-order chi connectivity index (χ1) is 15.6. The fourth-order valence-corrected chi connectivity index (χ4v) is 9.24. The Morgan fingerprint density at radius 3 is 1.91 bits per heavy atom. The lowest BCUT2D eigenvalue weighted by Crippen LogP contribution is -2.49. The molecule has 2 aromatic carbocycles. The molecule has 1 saturated heterocycles. The van der Waals surface area contributed by atoms with E-state index in [1.807, 2.05) is 13.8 Å². The third-order valence-corrected chi connectivity index (χ3v) is 11.2. The molecule has 1 aliphatic heterocycles. The van der Waals surface area contributed by atoms with Gasteiger partial charge in [0.05, 0.1) is 33.4 Å². The van der Waals surface area contributed by atoms with Gasteiger partial charge < -0.3 is 5.11 Å². The number of sulfone groups is 1. The molecule has 188 valence electrons. The predicted molar refractivity (Wildman–Crippen MR) is 129 cm³/mol. The maximum Gasteiger partial charge on any atom is 0.243 e. The second kappa shape index (κ2) is 9.67. The Morgan fingerprint density at radius 1 is 0.912 bits per heavy atom. The SMILES string of the molecule is Cc1ccc(S(=O)(=O)NCCN([C@H]2CS(=O)(=O)C[C@H]2O)S(=O)(=O)c2ccc(C)cc2C)c(C)c1. The number of hydrogen-bond acceptors (Lipinski definition) is 7. The number of nitrogens with zero attached hydrogens (tertiary/aromatic N) is 1. The summed E-state index contributed by atoms with van der Waals surface area (Å²) in [4.78, 5) is 0.0530. The summed E-state index contributed by atoms with van der Waals surface area (Å²) in [6.45, 7) is 6.30. The minimum absolute atomic E-state index is 0.0214. The molecular weight excluding hydrogens is 500 g/mol. The van der Waals surface area contributed by atoms with E-state index in [2.05, 4.69) is 4.72 Å². The zero-order chi connectivity index (χ0) is 25.5. The van der Waals surface area contributed by atoms with Gasteiger partial charge in [-0.05, 0) is 51.0 Å². The van der Waals surface area contributed by atoms with E-state index in [0.717, 1.165) is 15.4 Å². The molecule has 3 rings (SSSR count). The van der Waals surface area contributed by atoms with Gasteiger partial charge in [-0.15, -0.1) is 0 Å². The minimum atomic E-state index is -4.24. The summed E-state index contributed by atoms with van der Waals surface area (Å²) < 4.78 is 80.3. The normalized spacial score (nSPS) is 20.6. The van der Waals surface area contributed by atoms with Gasteiger partial charge in [0.15, 0.2) is 9.84 Å². The number of hydrogen-bond donors (Lipinski definition) is 2. The molecule has 34 heavy (non-hydrogen) atoms. The van der Waals surface area contributed by atoms with E-state index in [1.54, 1.807) is 38.1 Å². The van der Waals surface area contributed by atoms with Crippen LogP contribution in [-0.4, -0.2) is 71.4 Å². The monoisotopic (exact) mass is 530 g/mol. The zero-order valence-corrected chi connectivity index (χ0v) is 22.0. The van der Waals surface area contributed by atoms with Gasteiger partial charge in [-0.3, -0.25) is 0 Å². The van der Waals surface area contributed by atoms with Crippen molar-refractivity contribution in [3.05, 3.63) is 58.7 Å². The van der Waals surface area contributed by atoms with Gasteiger partial charge >= 0.3 is 0 Å². The molecule has 0 saturated carbocycles.